The quantitative estimate of drug-likeness (QED) is 0.674. The van der Waals surface area contributed by atoms with E-state index in [-0.39, 0.29) is 18.0 Å². The second-order valence-corrected chi connectivity index (χ2v) is 4.59. The van der Waals surface area contributed by atoms with Crippen LogP contribution in [-0.2, 0) is 6.54 Å². The lowest BCUT2D eigenvalue weighted by Gasteiger charge is -2.11. The molecule has 2 rings (SSSR count). The molecule has 5 nitrogen and oxygen atoms in total. The highest BCUT2D eigenvalue weighted by Gasteiger charge is 2.12. The fourth-order valence-electron chi connectivity index (χ4n) is 1.98. The third-order valence-corrected chi connectivity index (χ3v) is 3.07. The predicted molar refractivity (Wildman–Crippen MR) is 78.1 cm³/mol. The Bertz CT molecular complexity index is 674. The first kappa shape index (κ1) is 14.8. The van der Waals surface area contributed by atoms with E-state index in [1.54, 1.807) is 12.1 Å². The highest BCUT2D eigenvalue weighted by molar-refractivity contribution is 5.50. The number of non-ortho nitro benzene ring substituents is 1. The number of halogens is 1. The summed E-state index contributed by atoms with van der Waals surface area (Å²) in [5, 5.41) is 13.7. The lowest BCUT2D eigenvalue weighted by molar-refractivity contribution is -0.384. The molecule has 0 atom stereocenters. The molecule has 0 spiro atoms. The summed E-state index contributed by atoms with van der Waals surface area (Å²) < 4.78 is 18.8. The van der Waals surface area contributed by atoms with Gasteiger partial charge in [-0.15, -0.1) is 0 Å². The van der Waals surface area contributed by atoms with Crippen molar-refractivity contribution in [2.75, 3.05) is 12.4 Å². The SMILES string of the molecule is COc1ccc([N+](=O)[O-])cc1CNc1cc(C)ccc1F. The molecule has 2 aromatic rings. The van der Waals surface area contributed by atoms with Crippen LogP contribution in [0.15, 0.2) is 36.4 Å². The average molecular weight is 290 g/mol. The van der Waals surface area contributed by atoms with Crippen molar-refractivity contribution in [3.8, 4) is 5.75 Å². The molecular weight excluding hydrogens is 275 g/mol. The number of nitrogens with one attached hydrogen (secondary N) is 1. The summed E-state index contributed by atoms with van der Waals surface area (Å²) in [4.78, 5) is 10.3. The number of rotatable bonds is 5. The van der Waals surface area contributed by atoms with Crippen LogP contribution in [0.3, 0.4) is 0 Å². The van der Waals surface area contributed by atoms with Crippen molar-refractivity contribution >= 4 is 11.4 Å². The van der Waals surface area contributed by atoms with Gasteiger partial charge >= 0.3 is 0 Å². The minimum atomic E-state index is -0.476. The molecule has 6 heteroatoms. The van der Waals surface area contributed by atoms with Crippen molar-refractivity contribution in [1.29, 1.82) is 0 Å². The number of nitro benzene ring substituents is 1. The normalized spacial score (nSPS) is 10.2. The van der Waals surface area contributed by atoms with E-state index >= 15 is 0 Å². The molecule has 0 aliphatic rings. The van der Waals surface area contributed by atoms with Crippen molar-refractivity contribution in [3.05, 3.63) is 63.5 Å². The zero-order chi connectivity index (χ0) is 15.4. The zero-order valence-corrected chi connectivity index (χ0v) is 11.7. The summed E-state index contributed by atoms with van der Waals surface area (Å²) in [6.45, 7) is 2.09. The number of benzene rings is 2. The molecule has 0 amide bonds. The molecule has 0 heterocycles. The van der Waals surface area contributed by atoms with Gasteiger partial charge in [-0.25, -0.2) is 4.39 Å². The molecule has 21 heavy (non-hydrogen) atoms. The minimum Gasteiger partial charge on any atom is -0.496 e. The Morgan fingerprint density at radius 1 is 1.29 bits per heavy atom. The lowest BCUT2D eigenvalue weighted by atomic mass is 10.1. The van der Waals surface area contributed by atoms with Gasteiger partial charge in [-0.05, 0) is 30.7 Å². The smallest absolute Gasteiger partial charge is 0.270 e. The molecule has 0 unspecified atom stereocenters. The van der Waals surface area contributed by atoms with E-state index in [0.717, 1.165) is 5.56 Å². The Kier molecular flexibility index (Phi) is 4.37. The van der Waals surface area contributed by atoms with Gasteiger partial charge in [-0.3, -0.25) is 10.1 Å². The Morgan fingerprint density at radius 3 is 2.71 bits per heavy atom. The van der Waals surface area contributed by atoms with Crippen molar-refractivity contribution < 1.29 is 14.1 Å². The van der Waals surface area contributed by atoms with Gasteiger partial charge in [-0.2, -0.15) is 0 Å². The molecule has 2 aromatic carbocycles. The first-order valence-corrected chi connectivity index (χ1v) is 6.32. The maximum Gasteiger partial charge on any atom is 0.270 e. The van der Waals surface area contributed by atoms with Crippen LogP contribution in [0.2, 0.25) is 0 Å². The van der Waals surface area contributed by atoms with Crippen molar-refractivity contribution in [2.24, 2.45) is 0 Å². The molecule has 0 aromatic heterocycles. The zero-order valence-electron chi connectivity index (χ0n) is 11.7. The van der Waals surface area contributed by atoms with Crippen LogP contribution in [0.4, 0.5) is 15.8 Å². The molecule has 0 saturated carbocycles. The summed E-state index contributed by atoms with van der Waals surface area (Å²) in [7, 11) is 1.48. The van der Waals surface area contributed by atoms with Crippen molar-refractivity contribution in [3.63, 3.8) is 0 Å². The van der Waals surface area contributed by atoms with E-state index in [0.29, 0.717) is 17.0 Å². The molecule has 0 aliphatic heterocycles. The second-order valence-electron chi connectivity index (χ2n) is 4.59. The summed E-state index contributed by atoms with van der Waals surface area (Å²) in [5.74, 6) is 0.145. The highest BCUT2D eigenvalue weighted by atomic mass is 19.1. The molecule has 0 radical (unpaired) electrons. The van der Waals surface area contributed by atoms with Crippen LogP contribution in [0, 0.1) is 22.9 Å². The maximum atomic E-state index is 13.7. The van der Waals surface area contributed by atoms with E-state index in [4.69, 9.17) is 4.74 Å². The average Bonchev–Trinajstić information content (AvgIpc) is 2.47. The first-order valence-electron chi connectivity index (χ1n) is 6.32. The van der Waals surface area contributed by atoms with Crippen LogP contribution in [-0.4, -0.2) is 12.0 Å². The summed E-state index contributed by atoms with van der Waals surface area (Å²) >= 11 is 0. The molecule has 110 valence electrons. The van der Waals surface area contributed by atoms with E-state index in [2.05, 4.69) is 5.32 Å². The number of anilines is 1. The standard InChI is InChI=1S/C15H15FN2O3/c1-10-3-5-13(16)14(7-10)17-9-11-8-12(18(19)20)4-6-15(11)21-2/h3-8,17H,9H2,1-2H3. The van der Waals surface area contributed by atoms with E-state index < -0.39 is 4.92 Å². The molecule has 0 fully saturated rings. The Hall–Kier alpha value is -2.63. The fourth-order valence-corrected chi connectivity index (χ4v) is 1.98. The van der Waals surface area contributed by atoms with E-state index in [1.807, 2.05) is 6.92 Å². The Balaban J connectivity index is 2.24. The number of methoxy groups -OCH3 is 1. The maximum absolute atomic E-state index is 13.7. The third kappa shape index (κ3) is 3.47. The van der Waals surface area contributed by atoms with Gasteiger partial charge in [0.15, 0.2) is 0 Å². The highest BCUT2D eigenvalue weighted by Crippen LogP contribution is 2.25. The number of aryl methyl sites for hydroxylation is 1. The summed E-state index contributed by atoms with van der Waals surface area (Å²) in [5.41, 5.74) is 1.83. The van der Waals surface area contributed by atoms with Crippen LogP contribution in [0.5, 0.6) is 5.75 Å². The van der Waals surface area contributed by atoms with Gasteiger partial charge in [0.05, 0.1) is 17.7 Å². The lowest BCUT2D eigenvalue weighted by Crippen LogP contribution is -2.04. The molecular formula is C15H15FN2O3. The van der Waals surface area contributed by atoms with Crippen molar-refractivity contribution in [2.45, 2.75) is 13.5 Å². The van der Waals surface area contributed by atoms with Gasteiger partial charge in [0.2, 0.25) is 0 Å². The first-order chi connectivity index (χ1) is 10.0. The van der Waals surface area contributed by atoms with Crippen molar-refractivity contribution in [1.82, 2.24) is 0 Å². The van der Waals surface area contributed by atoms with Gasteiger partial charge < -0.3 is 10.1 Å². The fraction of sp³-hybridized carbons (Fsp3) is 0.200. The topological polar surface area (TPSA) is 64.4 Å². The number of hydrogen-bond acceptors (Lipinski definition) is 4. The Labute approximate surface area is 121 Å². The third-order valence-electron chi connectivity index (χ3n) is 3.07. The monoisotopic (exact) mass is 290 g/mol. The van der Waals surface area contributed by atoms with Gasteiger partial charge in [-0.1, -0.05) is 6.07 Å². The van der Waals surface area contributed by atoms with E-state index in [9.17, 15) is 14.5 Å². The summed E-state index contributed by atoms with van der Waals surface area (Å²) in [6, 6.07) is 9.05. The van der Waals surface area contributed by atoms with Gasteiger partial charge in [0, 0.05) is 24.2 Å². The van der Waals surface area contributed by atoms with Crippen LogP contribution in [0.25, 0.3) is 0 Å². The van der Waals surface area contributed by atoms with E-state index in [1.165, 1.54) is 31.4 Å². The van der Waals surface area contributed by atoms with Crippen LogP contribution in [0.1, 0.15) is 11.1 Å². The number of hydrogen-bond donors (Lipinski definition) is 1. The van der Waals surface area contributed by atoms with Crippen LogP contribution < -0.4 is 10.1 Å². The molecule has 1 N–H and O–H groups in total. The van der Waals surface area contributed by atoms with Gasteiger partial charge in [0.1, 0.15) is 11.6 Å². The second kappa shape index (κ2) is 6.21. The molecule has 0 aliphatic carbocycles. The largest absolute Gasteiger partial charge is 0.496 e. The number of ether oxygens (including phenoxy) is 1. The predicted octanol–water partition coefficient (Wildman–Crippen LogP) is 3.66. The number of nitro groups is 1. The number of nitrogens with zero attached hydrogens (tertiary/aromatic N) is 1. The minimum absolute atomic E-state index is 0.0303. The van der Waals surface area contributed by atoms with Crippen LogP contribution >= 0.6 is 0 Å². The molecule has 0 saturated heterocycles. The summed E-state index contributed by atoms with van der Waals surface area (Å²) in [6.07, 6.45) is 0. The Morgan fingerprint density at radius 2 is 2.05 bits per heavy atom. The molecule has 0 bridgehead atoms. The van der Waals surface area contributed by atoms with Gasteiger partial charge in [0.25, 0.3) is 5.69 Å².